The van der Waals surface area contributed by atoms with Crippen LogP contribution in [0.2, 0.25) is 0 Å². The predicted molar refractivity (Wildman–Crippen MR) is 83.2 cm³/mol. The fourth-order valence-electron chi connectivity index (χ4n) is 2.17. The van der Waals surface area contributed by atoms with Crippen LogP contribution in [0.3, 0.4) is 0 Å². The van der Waals surface area contributed by atoms with Crippen molar-refractivity contribution in [1.29, 1.82) is 0 Å². The minimum atomic E-state index is -3.17. The minimum Gasteiger partial charge on any atom is -0.224 e. The molecule has 106 valence electrons. The summed E-state index contributed by atoms with van der Waals surface area (Å²) in [6.45, 7) is 4.07. The zero-order chi connectivity index (χ0) is 14.9. The quantitative estimate of drug-likeness (QED) is 0.802. The summed E-state index contributed by atoms with van der Waals surface area (Å²) in [6, 6.07) is 12.9. The van der Waals surface area contributed by atoms with Gasteiger partial charge in [-0.3, -0.25) is 0 Å². The molecule has 2 aromatic carbocycles. The first-order valence-corrected chi connectivity index (χ1v) is 8.63. The molecule has 0 saturated heterocycles. The van der Waals surface area contributed by atoms with Crippen LogP contribution in [0.4, 0.5) is 0 Å². The highest BCUT2D eigenvalue weighted by Crippen LogP contribution is 2.31. The first-order valence-electron chi connectivity index (χ1n) is 6.30. The summed E-state index contributed by atoms with van der Waals surface area (Å²) >= 11 is 6.51. The summed E-state index contributed by atoms with van der Waals surface area (Å²) in [5.74, 6) is 0. The minimum absolute atomic E-state index is 0.274. The summed E-state index contributed by atoms with van der Waals surface area (Å²) in [4.78, 5) is 0.311. The molecule has 20 heavy (non-hydrogen) atoms. The van der Waals surface area contributed by atoms with Gasteiger partial charge in [0.1, 0.15) is 0 Å². The van der Waals surface area contributed by atoms with Gasteiger partial charge < -0.3 is 0 Å². The molecule has 1 atom stereocenters. The molecule has 2 nitrogen and oxygen atoms in total. The van der Waals surface area contributed by atoms with Crippen LogP contribution in [0.15, 0.2) is 47.4 Å². The molecule has 0 spiro atoms. The molecule has 1 unspecified atom stereocenters. The van der Waals surface area contributed by atoms with Gasteiger partial charge in [-0.15, -0.1) is 11.6 Å². The van der Waals surface area contributed by atoms with E-state index in [2.05, 4.69) is 6.07 Å². The molecule has 2 rings (SSSR count). The highest BCUT2D eigenvalue weighted by atomic mass is 35.5. The largest absolute Gasteiger partial charge is 0.224 e. The maximum atomic E-state index is 11.4. The Morgan fingerprint density at radius 3 is 2.10 bits per heavy atom. The average Bonchev–Trinajstić information content (AvgIpc) is 2.37. The van der Waals surface area contributed by atoms with Crippen LogP contribution in [-0.2, 0) is 9.84 Å². The Hall–Kier alpha value is -1.32. The summed E-state index contributed by atoms with van der Waals surface area (Å²) in [5, 5.41) is -0.274. The molecule has 0 N–H and O–H groups in total. The number of alkyl halides is 1. The van der Waals surface area contributed by atoms with Gasteiger partial charge in [-0.2, -0.15) is 0 Å². The second-order valence-electron chi connectivity index (χ2n) is 5.06. The Bertz CT molecular complexity index is 719. The van der Waals surface area contributed by atoms with E-state index in [-0.39, 0.29) is 5.38 Å². The van der Waals surface area contributed by atoms with E-state index in [1.807, 2.05) is 26.0 Å². The summed E-state index contributed by atoms with van der Waals surface area (Å²) < 4.78 is 22.9. The van der Waals surface area contributed by atoms with Crippen molar-refractivity contribution in [3.63, 3.8) is 0 Å². The van der Waals surface area contributed by atoms with Crippen LogP contribution in [0.25, 0.3) is 0 Å². The van der Waals surface area contributed by atoms with Crippen molar-refractivity contribution in [2.24, 2.45) is 0 Å². The normalized spacial score (nSPS) is 13.2. The molecule has 0 aromatic heterocycles. The van der Waals surface area contributed by atoms with Crippen molar-refractivity contribution in [1.82, 2.24) is 0 Å². The molecule has 0 aliphatic carbocycles. The van der Waals surface area contributed by atoms with Gasteiger partial charge in [-0.05, 0) is 42.7 Å². The molecule has 0 fully saturated rings. The van der Waals surface area contributed by atoms with E-state index < -0.39 is 9.84 Å². The lowest BCUT2D eigenvalue weighted by atomic mass is 9.98. The highest BCUT2D eigenvalue weighted by Gasteiger charge is 2.14. The summed E-state index contributed by atoms with van der Waals surface area (Å²) in [7, 11) is -3.17. The van der Waals surface area contributed by atoms with Gasteiger partial charge in [-0.1, -0.05) is 35.9 Å². The number of hydrogen-bond donors (Lipinski definition) is 0. The van der Waals surface area contributed by atoms with Gasteiger partial charge in [0.25, 0.3) is 0 Å². The number of halogens is 1. The maximum absolute atomic E-state index is 11.4. The van der Waals surface area contributed by atoms with Crippen molar-refractivity contribution in [2.75, 3.05) is 6.26 Å². The monoisotopic (exact) mass is 308 g/mol. The molecular weight excluding hydrogens is 292 g/mol. The molecule has 0 saturated carbocycles. The Kier molecular flexibility index (Phi) is 4.21. The number of aryl methyl sites for hydroxylation is 2. The smallest absolute Gasteiger partial charge is 0.175 e. The lowest BCUT2D eigenvalue weighted by Gasteiger charge is -2.14. The third kappa shape index (κ3) is 3.22. The van der Waals surface area contributed by atoms with Crippen LogP contribution >= 0.6 is 11.6 Å². The van der Waals surface area contributed by atoms with Gasteiger partial charge in [0, 0.05) is 6.26 Å². The SMILES string of the molecule is Cc1ccc(C(Cl)c2ccc(S(C)(=O)=O)cc2)c(C)c1. The second kappa shape index (κ2) is 5.58. The Labute approximate surface area is 125 Å². The zero-order valence-electron chi connectivity index (χ0n) is 11.7. The van der Waals surface area contributed by atoms with Gasteiger partial charge in [0.15, 0.2) is 9.84 Å². The van der Waals surface area contributed by atoms with E-state index in [0.717, 1.165) is 16.7 Å². The molecule has 0 heterocycles. The number of benzene rings is 2. The topological polar surface area (TPSA) is 34.1 Å². The van der Waals surface area contributed by atoms with Gasteiger partial charge in [0.05, 0.1) is 10.3 Å². The Morgan fingerprint density at radius 2 is 1.60 bits per heavy atom. The average molecular weight is 309 g/mol. The molecule has 0 aliphatic rings. The third-order valence-electron chi connectivity index (χ3n) is 3.30. The predicted octanol–water partition coefficient (Wildman–Crippen LogP) is 4.04. The number of sulfone groups is 1. The number of rotatable bonds is 3. The third-order valence-corrected chi connectivity index (χ3v) is 4.91. The Balaban J connectivity index is 2.36. The molecule has 0 bridgehead atoms. The molecule has 0 aliphatic heterocycles. The van der Waals surface area contributed by atoms with E-state index in [0.29, 0.717) is 4.90 Å². The van der Waals surface area contributed by atoms with Crippen molar-refractivity contribution in [2.45, 2.75) is 24.1 Å². The molecule has 4 heteroatoms. The fraction of sp³-hybridized carbons (Fsp3) is 0.250. The number of hydrogen-bond acceptors (Lipinski definition) is 2. The highest BCUT2D eigenvalue weighted by molar-refractivity contribution is 7.90. The van der Waals surface area contributed by atoms with Gasteiger partial charge in [0.2, 0.25) is 0 Å². The molecular formula is C16H17ClO2S. The standard InChI is InChI=1S/C16H17ClO2S/c1-11-4-9-15(12(2)10-11)16(17)13-5-7-14(8-6-13)20(3,18)19/h4-10,16H,1-3H3. The maximum Gasteiger partial charge on any atom is 0.175 e. The van der Waals surface area contributed by atoms with Gasteiger partial charge >= 0.3 is 0 Å². The lowest BCUT2D eigenvalue weighted by Crippen LogP contribution is -2.00. The van der Waals surface area contributed by atoms with Crippen LogP contribution in [-0.4, -0.2) is 14.7 Å². The van der Waals surface area contributed by atoms with E-state index in [1.165, 1.54) is 11.8 Å². The zero-order valence-corrected chi connectivity index (χ0v) is 13.3. The van der Waals surface area contributed by atoms with Gasteiger partial charge in [-0.25, -0.2) is 8.42 Å². The van der Waals surface area contributed by atoms with Crippen molar-refractivity contribution in [3.05, 3.63) is 64.7 Å². The van der Waals surface area contributed by atoms with Crippen LogP contribution in [0.5, 0.6) is 0 Å². The molecule has 0 radical (unpaired) electrons. The van der Waals surface area contributed by atoms with E-state index in [4.69, 9.17) is 11.6 Å². The molecule has 0 amide bonds. The van der Waals surface area contributed by atoms with E-state index >= 15 is 0 Å². The van der Waals surface area contributed by atoms with Crippen LogP contribution in [0.1, 0.15) is 27.6 Å². The fourth-order valence-corrected chi connectivity index (χ4v) is 3.19. The first kappa shape index (κ1) is 15.1. The first-order chi connectivity index (χ1) is 9.29. The van der Waals surface area contributed by atoms with Crippen molar-refractivity contribution < 1.29 is 8.42 Å². The van der Waals surface area contributed by atoms with E-state index in [9.17, 15) is 8.42 Å². The lowest BCUT2D eigenvalue weighted by molar-refractivity contribution is 0.602. The van der Waals surface area contributed by atoms with Crippen molar-refractivity contribution in [3.8, 4) is 0 Å². The summed E-state index contributed by atoms with van der Waals surface area (Å²) in [6.07, 6.45) is 1.20. The van der Waals surface area contributed by atoms with Crippen LogP contribution < -0.4 is 0 Å². The summed E-state index contributed by atoms with van der Waals surface area (Å²) in [5.41, 5.74) is 4.27. The van der Waals surface area contributed by atoms with Crippen LogP contribution in [0, 0.1) is 13.8 Å². The second-order valence-corrected chi connectivity index (χ2v) is 7.52. The molecule has 2 aromatic rings. The van der Waals surface area contributed by atoms with Crippen molar-refractivity contribution >= 4 is 21.4 Å². The Morgan fingerprint density at radius 1 is 1.00 bits per heavy atom. The van der Waals surface area contributed by atoms with E-state index in [1.54, 1.807) is 24.3 Å².